The zero-order valence-corrected chi connectivity index (χ0v) is 30.5. The number of carbonyl (C=O) groups excluding carboxylic acids is 2. The van der Waals surface area contributed by atoms with Crippen LogP contribution in [0.3, 0.4) is 0 Å². The van der Waals surface area contributed by atoms with Crippen LogP contribution in [0, 0.1) is 16.7 Å². The zero-order chi connectivity index (χ0) is 36.2. The maximum atomic E-state index is 12.3. The van der Waals surface area contributed by atoms with E-state index in [9.17, 15) is 14.9 Å². The van der Waals surface area contributed by atoms with Gasteiger partial charge in [0.1, 0.15) is 16.9 Å². The van der Waals surface area contributed by atoms with Gasteiger partial charge in [-0.05, 0) is 86.3 Å². The van der Waals surface area contributed by atoms with Crippen molar-refractivity contribution in [1.82, 2.24) is 40.0 Å². The van der Waals surface area contributed by atoms with Crippen molar-refractivity contribution in [3.63, 3.8) is 0 Å². The molecular weight excluding hydrogens is 687 g/mol. The Labute approximate surface area is 311 Å². The third-order valence-corrected chi connectivity index (χ3v) is 13.4. The molecule has 2 aliphatic heterocycles. The Hall–Kier alpha value is -5.26. The Bertz CT molecular complexity index is 2220. The lowest BCUT2D eigenvalue weighted by Gasteiger charge is -2.54. The summed E-state index contributed by atoms with van der Waals surface area (Å²) in [5, 5.41) is 31.1. The van der Waals surface area contributed by atoms with E-state index in [0.29, 0.717) is 23.8 Å². The monoisotopic (exact) mass is 727 g/mol. The highest BCUT2D eigenvalue weighted by Crippen LogP contribution is 2.58. The summed E-state index contributed by atoms with van der Waals surface area (Å²) in [5.74, 6) is 0.232. The van der Waals surface area contributed by atoms with E-state index >= 15 is 0 Å². The second kappa shape index (κ2) is 13.3. The van der Waals surface area contributed by atoms with E-state index in [1.807, 2.05) is 60.4 Å². The average molecular weight is 728 g/mol. The lowest BCUT2D eigenvalue weighted by atomic mass is 9.54. The van der Waals surface area contributed by atoms with Crippen LogP contribution in [-0.4, -0.2) is 86.3 Å². The zero-order valence-electron chi connectivity index (χ0n) is 29.7. The van der Waals surface area contributed by atoms with E-state index in [-0.39, 0.29) is 23.1 Å². The summed E-state index contributed by atoms with van der Waals surface area (Å²) < 4.78 is 1.81. The van der Waals surface area contributed by atoms with Crippen molar-refractivity contribution < 1.29 is 9.59 Å². The molecule has 2 amide bonds. The fourth-order valence-electron chi connectivity index (χ4n) is 9.01. The van der Waals surface area contributed by atoms with Crippen LogP contribution in [0.15, 0.2) is 55.0 Å². The molecule has 0 aromatic carbocycles. The average Bonchev–Trinajstić information content (AvgIpc) is 3.87. The number of hydrogen-bond donors (Lipinski definition) is 2. The first kappa shape index (κ1) is 33.6. The normalized spacial score (nSPS) is 24.7. The predicted molar refractivity (Wildman–Crippen MR) is 201 cm³/mol. The molecule has 5 fully saturated rings. The SMILES string of the molecule is CNc1cc(-c2ccc3cc(C#N)cnn23)ncc1-c1nnc(C23CCC(CN4CCN(c5ccc([C@H]6CCC(=O)NC6=O)cn5)CC4)(CC2)CC3)s1. The molecule has 53 heavy (non-hydrogen) atoms. The molecule has 0 unspecified atom stereocenters. The molecule has 0 spiro atoms. The van der Waals surface area contributed by atoms with Gasteiger partial charge in [-0.15, -0.1) is 10.2 Å². The first-order valence-corrected chi connectivity index (χ1v) is 19.3. The van der Waals surface area contributed by atoms with E-state index in [1.54, 1.807) is 17.5 Å². The van der Waals surface area contributed by atoms with Crippen molar-refractivity contribution in [2.75, 3.05) is 50.0 Å². The molecule has 10 rings (SSSR count). The number of rotatable bonds is 8. The summed E-state index contributed by atoms with van der Waals surface area (Å²) in [6.07, 6.45) is 13.3. The van der Waals surface area contributed by atoms with Crippen molar-refractivity contribution >= 4 is 40.2 Å². The molecule has 2 bridgehead atoms. The summed E-state index contributed by atoms with van der Waals surface area (Å²) in [6, 6.07) is 13.9. The summed E-state index contributed by atoms with van der Waals surface area (Å²) in [6.45, 7) is 5.05. The van der Waals surface area contributed by atoms with Crippen molar-refractivity contribution in [3.05, 3.63) is 71.1 Å². The number of nitrogens with one attached hydrogen (secondary N) is 2. The number of anilines is 2. The highest BCUT2D eigenvalue weighted by Gasteiger charge is 2.51. The highest BCUT2D eigenvalue weighted by atomic mass is 32.1. The third-order valence-electron chi connectivity index (χ3n) is 12.2. The molecule has 5 aromatic rings. The number of imide groups is 1. The number of aromatic nitrogens is 6. The molecule has 270 valence electrons. The quantitative estimate of drug-likeness (QED) is 0.204. The number of piperidine rings is 1. The van der Waals surface area contributed by atoms with Gasteiger partial charge in [0, 0.05) is 69.7 Å². The second-order valence-corrected chi connectivity index (χ2v) is 16.2. The summed E-state index contributed by atoms with van der Waals surface area (Å²) in [7, 11) is 1.91. The van der Waals surface area contributed by atoms with Crippen LogP contribution in [-0.2, 0) is 15.0 Å². The highest BCUT2D eigenvalue weighted by molar-refractivity contribution is 7.14. The van der Waals surface area contributed by atoms with Gasteiger partial charge >= 0.3 is 0 Å². The predicted octanol–water partition coefficient (Wildman–Crippen LogP) is 5.16. The number of hydrogen-bond acceptors (Lipinski definition) is 12. The minimum atomic E-state index is -0.303. The van der Waals surface area contributed by atoms with Gasteiger partial charge in [0.25, 0.3) is 0 Å². The molecule has 3 aliphatic carbocycles. The molecule has 2 N–H and O–H groups in total. The minimum Gasteiger partial charge on any atom is -0.387 e. The Morgan fingerprint density at radius 2 is 1.77 bits per heavy atom. The van der Waals surface area contributed by atoms with E-state index in [2.05, 4.69) is 31.6 Å². The number of fused-ring (bicyclic) bond motifs is 4. The number of pyridine rings is 2. The van der Waals surface area contributed by atoms with Gasteiger partial charge < -0.3 is 10.2 Å². The number of carbonyl (C=O) groups is 2. The lowest BCUT2D eigenvalue weighted by molar-refractivity contribution is -0.134. The van der Waals surface area contributed by atoms with Gasteiger partial charge in [-0.25, -0.2) is 9.50 Å². The Balaban J connectivity index is 0.819. The standard InChI is InChI=1S/C39H41N11O2S/c1-41-30-19-31(32-5-3-27-18-25(20-40)21-44-50(27)32)42-23-29(30)36-46-47-37(53-36)39-11-8-38(9-12-39,10-13-39)24-48-14-16-49(17-15-48)33-6-2-26(22-43-33)28-4-7-34(51)45-35(28)52/h2-3,5-6,18-19,21-23,28H,4,7-17,24H2,1H3,(H,41,42)(H,45,51,52)/t28-,38?,39?/m1/s1. The maximum Gasteiger partial charge on any atom is 0.234 e. The molecule has 14 heteroatoms. The topological polar surface area (TPSA) is 157 Å². The van der Waals surface area contributed by atoms with Gasteiger partial charge in [-0.3, -0.25) is 24.8 Å². The largest absolute Gasteiger partial charge is 0.387 e. The van der Waals surface area contributed by atoms with Gasteiger partial charge in [-0.2, -0.15) is 10.4 Å². The molecule has 5 aromatic heterocycles. The Kier molecular flexibility index (Phi) is 8.42. The van der Waals surface area contributed by atoms with Crippen LogP contribution in [0.1, 0.15) is 73.4 Å². The maximum absolute atomic E-state index is 12.3. The van der Waals surface area contributed by atoms with Crippen LogP contribution < -0.4 is 15.5 Å². The molecule has 13 nitrogen and oxygen atoms in total. The number of nitriles is 1. The van der Waals surface area contributed by atoms with Gasteiger partial charge in [0.2, 0.25) is 11.8 Å². The first-order chi connectivity index (χ1) is 25.8. The Morgan fingerprint density at radius 3 is 2.49 bits per heavy atom. The minimum absolute atomic E-state index is 0.105. The van der Waals surface area contributed by atoms with Crippen LogP contribution in [0.5, 0.6) is 0 Å². The van der Waals surface area contributed by atoms with E-state index < -0.39 is 0 Å². The molecule has 7 heterocycles. The fourth-order valence-corrected chi connectivity index (χ4v) is 10.1. The Morgan fingerprint density at radius 1 is 0.962 bits per heavy atom. The molecule has 2 saturated heterocycles. The molecule has 5 aliphatic rings. The van der Waals surface area contributed by atoms with Crippen LogP contribution in [0.25, 0.3) is 27.5 Å². The molecule has 1 atom stereocenters. The van der Waals surface area contributed by atoms with E-state index in [4.69, 9.17) is 20.2 Å². The molecular formula is C39H41N11O2S. The van der Waals surface area contributed by atoms with Crippen LogP contribution in [0.2, 0.25) is 0 Å². The van der Waals surface area contributed by atoms with E-state index in [0.717, 1.165) is 102 Å². The van der Waals surface area contributed by atoms with Crippen molar-refractivity contribution in [2.45, 2.75) is 62.7 Å². The van der Waals surface area contributed by atoms with Gasteiger partial charge in [0.05, 0.1) is 40.1 Å². The fraction of sp³-hybridized carbons (Fsp3) is 0.436. The summed E-state index contributed by atoms with van der Waals surface area (Å²) in [4.78, 5) is 38.4. The summed E-state index contributed by atoms with van der Waals surface area (Å²) in [5.41, 5.74) is 6.24. The van der Waals surface area contributed by atoms with E-state index in [1.165, 1.54) is 19.3 Å². The van der Waals surface area contributed by atoms with Crippen molar-refractivity contribution in [3.8, 4) is 28.0 Å². The van der Waals surface area contributed by atoms with Crippen molar-refractivity contribution in [2.24, 2.45) is 5.41 Å². The van der Waals surface area contributed by atoms with Gasteiger partial charge in [0.15, 0.2) is 5.01 Å². The molecule has 3 saturated carbocycles. The number of nitrogens with zero attached hydrogens (tertiary/aromatic N) is 9. The van der Waals surface area contributed by atoms with Crippen LogP contribution >= 0.6 is 11.3 Å². The number of piperazine rings is 1. The summed E-state index contributed by atoms with van der Waals surface area (Å²) >= 11 is 1.72. The van der Waals surface area contributed by atoms with Crippen LogP contribution in [0.4, 0.5) is 11.5 Å². The smallest absolute Gasteiger partial charge is 0.234 e. The first-order valence-electron chi connectivity index (χ1n) is 18.5. The van der Waals surface area contributed by atoms with Crippen molar-refractivity contribution in [1.29, 1.82) is 5.26 Å². The lowest BCUT2D eigenvalue weighted by Crippen LogP contribution is -2.53. The third kappa shape index (κ3) is 6.11. The number of amides is 2. The second-order valence-electron chi connectivity index (χ2n) is 15.2. The van der Waals surface area contributed by atoms with Gasteiger partial charge in [-0.1, -0.05) is 17.4 Å². The molecule has 0 radical (unpaired) electrons.